The molecule has 116 valence electrons. The van der Waals surface area contributed by atoms with E-state index in [1.807, 2.05) is 0 Å². The second kappa shape index (κ2) is 5.75. The Morgan fingerprint density at radius 2 is 2.09 bits per heavy atom. The van der Waals surface area contributed by atoms with Gasteiger partial charge in [-0.1, -0.05) is 42.2 Å². The lowest BCUT2D eigenvalue weighted by Crippen LogP contribution is -2.39. The van der Waals surface area contributed by atoms with Crippen LogP contribution in [0.4, 0.5) is 4.39 Å². The number of carbonyl (C=O) groups excluding carboxylic acids is 1. The van der Waals surface area contributed by atoms with Crippen LogP contribution in [0, 0.1) is 5.82 Å². The summed E-state index contributed by atoms with van der Waals surface area (Å²) in [6.45, 7) is 0. The molecule has 0 aliphatic carbocycles. The molecule has 1 atom stereocenters. The van der Waals surface area contributed by atoms with Gasteiger partial charge in [-0.3, -0.25) is 9.69 Å². The van der Waals surface area contributed by atoms with Crippen molar-refractivity contribution < 1.29 is 17.6 Å². The fourth-order valence-corrected chi connectivity index (χ4v) is 5.60. The van der Waals surface area contributed by atoms with E-state index in [-0.39, 0.29) is 17.4 Å². The van der Waals surface area contributed by atoms with Crippen molar-refractivity contribution in [1.29, 1.82) is 0 Å². The predicted molar refractivity (Wildman–Crippen MR) is 88.5 cm³/mol. The van der Waals surface area contributed by atoms with Gasteiger partial charge in [-0.15, -0.1) is 0 Å². The summed E-state index contributed by atoms with van der Waals surface area (Å²) in [5.41, 5.74) is 0.307. The van der Waals surface area contributed by atoms with Crippen LogP contribution in [0.25, 0.3) is 6.08 Å². The molecule has 0 bridgehead atoms. The maximum absolute atomic E-state index is 13.7. The fourth-order valence-electron chi connectivity index (χ4n) is 2.51. The van der Waals surface area contributed by atoms with E-state index in [1.165, 1.54) is 17.0 Å². The Balaban J connectivity index is 1.88. The predicted octanol–water partition coefficient (Wildman–Crippen LogP) is 2.21. The average Bonchev–Trinajstić information content (AvgIpc) is 2.92. The molecule has 1 aromatic carbocycles. The highest BCUT2D eigenvalue weighted by Crippen LogP contribution is 2.36. The molecular formula is C14H12FNO3S3. The van der Waals surface area contributed by atoms with Crippen LogP contribution in [0.5, 0.6) is 0 Å². The second-order valence-electron chi connectivity index (χ2n) is 5.13. The fraction of sp³-hybridized carbons (Fsp3) is 0.286. The minimum Gasteiger partial charge on any atom is -0.289 e. The Hall–Kier alpha value is -1.25. The van der Waals surface area contributed by atoms with Crippen LogP contribution in [0.15, 0.2) is 29.2 Å². The molecule has 3 rings (SSSR count). The molecule has 2 aliphatic heterocycles. The van der Waals surface area contributed by atoms with Gasteiger partial charge in [0.2, 0.25) is 0 Å². The van der Waals surface area contributed by atoms with Crippen molar-refractivity contribution in [2.24, 2.45) is 0 Å². The van der Waals surface area contributed by atoms with E-state index in [4.69, 9.17) is 12.2 Å². The van der Waals surface area contributed by atoms with Gasteiger partial charge in [-0.05, 0) is 18.6 Å². The van der Waals surface area contributed by atoms with Crippen LogP contribution in [0.2, 0.25) is 0 Å². The molecule has 0 aromatic heterocycles. The summed E-state index contributed by atoms with van der Waals surface area (Å²) in [7, 11) is -3.11. The second-order valence-corrected chi connectivity index (χ2v) is 9.03. The first-order chi connectivity index (χ1) is 10.4. The molecule has 0 saturated carbocycles. The molecule has 8 heteroatoms. The third kappa shape index (κ3) is 2.95. The van der Waals surface area contributed by atoms with Crippen LogP contribution in [-0.2, 0) is 14.6 Å². The molecule has 22 heavy (non-hydrogen) atoms. The quantitative estimate of drug-likeness (QED) is 0.600. The maximum atomic E-state index is 13.7. The van der Waals surface area contributed by atoms with Gasteiger partial charge in [0.05, 0.1) is 22.5 Å². The van der Waals surface area contributed by atoms with Gasteiger partial charge in [-0.2, -0.15) is 0 Å². The Labute approximate surface area is 137 Å². The van der Waals surface area contributed by atoms with Crippen molar-refractivity contribution in [3.05, 3.63) is 40.6 Å². The van der Waals surface area contributed by atoms with E-state index in [9.17, 15) is 17.6 Å². The molecule has 0 unspecified atom stereocenters. The smallest absolute Gasteiger partial charge is 0.266 e. The number of thioether (sulfide) groups is 1. The molecular weight excluding hydrogens is 345 g/mol. The zero-order valence-corrected chi connectivity index (χ0v) is 13.8. The first kappa shape index (κ1) is 15.6. The van der Waals surface area contributed by atoms with E-state index in [0.29, 0.717) is 21.2 Å². The van der Waals surface area contributed by atoms with Crippen molar-refractivity contribution in [2.75, 3.05) is 11.5 Å². The van der Waals surface area contributed by atoms with Crippen LogP contribution in [0.1, 0.15) is 12.0 Å². The van der Waals surface area contributed by atoms with Crippen LogP contribution >= 0.6 is 24.0 Å². The number of hydrogen-bond donors (Lipinski definition) is 0. The Morgan fingerprint density at radius 3 is 2.73 bits per heavy atom. The molecule has 2 heterocycles. The monoisotopic (exact) mass is 357 g/mol. The Bertz CT molecular complexity index is 788. The van der Waals surface area contributed by atoms with E-state index in [1.54, 1.807) is 18.2 Å². The molecule has 1 aromatic rings. The van der Waals surface area contributed by atoms with Crippen LogP contribution < -0.4 is 0 Å². The van der Waals surface area contributed by atoms with Crippen molar-refractivity contribution in [3.63, 3.8) is 0 Å². The number of rotatable bonds is 2. The number of nitrogens with zero attached hydrogens (tertiary/aromatic N) is 1. The summed E-state index contributed by atoms with van der Waals surface area (Å²) in [5.74, 6) is -0.760. The first-order valence-corrected chi connectivity index (χ1v) is 9.64. The summed E-state index contributed by atoms with van der Waals surface area (Å²) in [5, 5.41) is 0. The van der Waals surface area contributed by atoms with E-state index in [2.05, 4.69) is 0 Å². The number of sulfone groups is 1. The van der Waals surface area contributed by atoms with Crippen molar-refractivity contribution in [2.45, 2.75) is 12.5 Å². The van der Waals surface area contributed by atoms with E-state index in [0.717, 1.165) is 11.8 Å². The highest BCUT2D eigenvalue weighted by atomic mass is 32.2. The maximum Gasteiger partial charge on any atom is 0.266 e. The van der Waals surface area contributed by atoms with Crippen LogP contribution in [0.3, 0.4) is 0 Å². The summed E-state index contributed by atoms with van der Waals surface area (Å²) in [6, 6.07) is 5.72. The van der Waals surface area contributed by atoms with Gasteiger partial charge in [0.15, 0.2) is 9.84 Å². The van der Waals surface area contributed by atoms with Gasteiger partial charge in [-0.25, -0.2) is 12.8 Å². The zero-order valence-electron chi connectivity index (χ0n) is 11.4. The highest BCUT2D eigenvalue weighted by Gasteiger charge is 2.42. The van der Waals surface area contributed by atoms with Gasteiger partial charge in [0.1, 0.15) is 10.1 Å². The molecule has 2 aliphatic rings. The standard InChI is InChI=1S/C14H12FNO3S3/c15-11-4-2-1-3-9(11)7-12-13(17)16(14(20)21-12)10-5-6-22(18,19)8-10/h1-4,7,10H,5-6,8H2/b12-7+/t10-/m1/s1. The topological polar surface area (TPSA) is 54.5 Å². The molecule has 4 nitrogen and oxygen atoms in total. The largest absolute Gasteiger partial charge is 0.289 e. The lowest BCUT2D eigenvalue weighted by Gasteiger charge is -2.20. The number of carbonyl (C=O) groups is 1. The van der Waals surface area contributed by atoms with Gasteiger partial charge < -0.3 is 0 Å². The number of thiocarbonyl (C=S) groups is 1. The summed E-state index contributed by atoms with van der Waals surface area (Å²) >= 11 is 6.27. The Morgan fingerprint density at radius 1 is 1.36 bits per heavy atom. The number of benzene rings is 1. The van der Waals surface area contributed by atoms with Crippen LogP contribution in [-0.4, -0.2) is 41.1 Å². The van der Waals surface area contributed by atoms with Gasteiger partial charge >= 0.3 is 0 Å². The average molecular weight is 357 g/mol. The normalized spacial score (nSPS) is 26.1. The highest BCUT2D eigenvalue weighted by molar-refractivity contribution is 8.26. The Kier molecular flexibility index (Phi) is 4.09. The molecule has 0 spiro atoms. The third-order valence-corrected chi connectivity index (χ3v) is 6.67. The number of hydrogen-bond acceptors (Lipinski definition) is 5. The third-order valence-electron chi connectivity index (χ3n) is 3.59. The summed E-state index contributed by atoms with van der Waals surface area (Å²) < 4.78 is 37.2. The SMILES string of the molecule is O=C1/C(=C\c2ccccc2F)SC(=S)N1[C@@H]1CCS(=O)(=O)C1. The van der Waals surface area contributed by atoms with E-state index >= 15 is 0 Å². The zero-order chi connectivity index (χ0) is 15.9. The lowest BCUT2D eigenvalue weighted by molar-refractivity contribution is -0.123. The van der Waals surface area contributed by atoms with E-state index < -0.39 is 21.7 Å². The summed E-state index contributed by atoms with van der Waals surface area (Å²) in [4.78, 5) is 14.1. The summed E-state index contributed by atoms with van der Waals surface area (Å²) in [6.07, 6.45) is 1.85. The molecule has 2 saturated heterocycles. The molecule has 0 radical (unpaired) electrons. The lowest BCUT2D eigenvalue weighted by atomic mass is 10.2. The molecule has 1 amide bonds. The molecule has 2 fully saturated rings. The minimum atomic E-state index is -3.11. The van der Waals surface area contributed by atoms with Crippen molar-refractivity contribution in [3.8, 4) is 0 Å². The number of amides is 1. The van der Waals surface area contributed by atoms with Crippen molar-refractivity contribution >= 4 is 50.1 Å². The number of halogens is 1. The minimum absolute atomic E-state index is 0.0631. The van der Waals surface area contributed by atoms with Crippen molar-refractivity contribution in [1.82, 2.24) is 4.90 Å². The molecule has 0 N–H and O–H groups in total. The van der Waals surface area contributed by atoms with Gasteiger partial charge in [0.25, 0.3) is 5.91 Å². The first-order valence-electron chi connectivity index (χ1n) is 6.59. The van der Waals surface area contributed by atoms with Gasteiger partial charge in [0, 0.05) is 5.56 Å².